The van der Waals surface area contributed by atoms with E-state index >= 15 is 0 Å². The summed E-state index contributed by atoms with van der Waals surface area (Å²) in [5, 5.41) is 9.56. The maximum Gasteiger partial charge on any atom is 0.310 e. The Bertz CT molecular complexity index is 525. The second-order valence-electron chi connectivity index (χ2n) is 5.74. The van der Waals surface area contributed by atoms with Crippen LogP contribution in [0.1, 0.15) is 25.8 Å². The average Bonchev–Trinajstić information content (AvgIpc) is 2.61. The largest absolute Gasteiger partial charge is 0.497 e. The van der Waals surface area contributed by atoms with E-state index in [0.717, 1.165) is 11.3 Å². The van der Waals surface area contributed by atoms with E-state index in [1.165, 1.54) is 7.11 Å². The maximum atomic E-state index is 12.7. The molecule has 1 rings (SSSR count). The van der Waals surface area contributed by atoms with Crippen molar-refractivity contribution in [2.45, 2.75) is 32.7 Å². The van der Waals surface area contributed by atoms with Crippen molar-refractivity contribution in [3.05, 3.63) is 29.8 Å². The fraction of sp³-hybridized carbons (Fsp3) is 0.556. The highest BCUT2D eigenvalue weighted by Gasteiger charge is 2.26. The lowest BCUT2D eigenvalue weighted by Crippen LogP contribution is -2.46. The van der Waals surface area contributed by atoms with Gasteiger partial charge in [0.1, 0.15) is 5.75 Å². The summed E-state index contributed by atoms with van der Waals surface area (Å²) in [6, 6.07) is 6.94. The van der Waals surface area contributed by atoms with Crippen molar-refractivity contribution in [3.8, 4) is 5.75 Å². The van der Waals surface area contributed by atoms with Crippen LogP contribution in [0.2, 0.25) is 0 Å². The molecule has 0 heterocycles. The zero-order valence-electron chi connectivity index (χ0n) is 14.8. The third-order valence-electron chi connectivity index (χ3n) is 4.03. The Morgan fingerprint density at radius 1 is 1.21 bits per heavy atom. The molecule has 2 atom stereocenters. The number of hydrogen-bond donors (Lipinski definition) is 1. The highest BCUT2D eigenvalue weighted by Crippen LogP contribution is 2.15. The molecule has 0 aliphatic carbocycles. The minimum atomic E-state index is -0.449. The molecule has 0 spiro atoms. The van der Waals surface area contributed by atoms with Gasteiger partial charge in [0.25, 0.3) is 0 Å². The molecule has 1 aromatic rings. The van der Waals surface area contributed by atoms with Crippen LogP contribution in [-0.2, 0) is 20.7 Å². The van der Waals surface area contributed by atoms with E-state index < -0.39 is 5.92 Å². The van der Waals surface area contributed by atoms with Gasteiger partial charge in [-0.15, -0.1) is 0 Å². The van der Waals surface area contributed by atoms with Crippen molar-refractivity contribution in [2.75, 3.05) is 27.4 Å². The number of rotatable bonds is 9. The van der Waals surface area contributed by atoms with E-state index in [1.807, 2.05) is 19.1 Å². The Morgan fingerprint density at radius 2 is 1.83 bits per heavy atom. The van der Waals surface area contributed by atoms with Gasteiger partial charge in [0, 0.05) is 6.54 Å². The van der Waals surface area contributed by atoms with E-state index in [2.05, 4.69) is 0 Å². The number of carbonyl (C=O) groups is 2. The van der Waals surface area contributed by atoms with Crippen molar-refractivity contribution < 1.29 is 24.2 Å². The third kappa shape index (κ3) is 5.53. The molecule has 0 aliphatic heterocycles. The topological polar surface area (TPSA) is 76.1 Å². The van der Waals surface area contributed by atoms with Gasteiger partial charge in [0.2, 0.25) is 5.91 Å². The second kappa shape index (κ2) is 9.93. The number of carbonyl (C=O) groups excluding carboxylic acids is 2. The van der Waals surface area contributed by atoms with Gasteiger partial charge in [-0.1, -0.05) is 26.0 Å². The van der Waals surface area contributed by atoms with Gasteiger partial charge in [-0.3, -0.25) is 9.59 Å². The smallest absolute Gasteiger partial charge is 0.310 e. The molecule has 6 nitrogen and oxygen atoms in total. The summed E-state index contributed by atoms with van der Waals surface area (Å²) in [6.45, 7) is 3.69. The van der Waals surface area contributed by atoms with E-state index in [0.29, 0.717) is 6.42 Å². The number of amides is 1. The van der Waals surface area contributed by atoms with Gasteiger partial charge in [0.05, 0.1) is 39.2 Å². The molecule has 24 heavy (non-hydrogen) atoms. The van der Waals surface area contributed by atoms with Gasteiger partial charge < -0.3 is 19.5 Å². The molecule has 1 amide bonds. The number of hydrogen-bond acceptors (Lipinski definition) is 5. The molecule has 0 bridgehead atoms. The Balaban J connectivity index is 2.87. The van der Waals surface area contributed by atoms with Crippen LogP contribution in [0.4, 0.5) is 0 Å². The molecular formula is C18H27NO5. The van der Waals surface area contributed by atoms with Gasteiger partial charge >= 0.3 is 5.97 Å². The molecule has 134 valence electrons. The van der Waals surface area contributed by atoms with Crippen LogP contribution < -0.4 is 4.74 Å². The maximum absolute atomic E-state index is 12.7. The monoisotopic (exact) mass is 337 g/mol. The van der Waals surface area contributed by atoms with E-state index in [-0.39, 0.29) is 37.5 Å². The molecule has 0 saturated heterocycles. The number of esters is 1. The summed E-state index contributed by atoms with van der Waals surface area (Å²) in [4.78, 5) is 25.9. The van der Waals surface area contributed by atoms with Crippen molar-refractivity contribution in [1.82, 2.24) is 4.90 Å². The summed E-state index contributed by atoms with van der Waals surface area (Å²) in [7, 11) is 2.91. The first kappa shape index (κ1) is 20.0. The quantitative estimate of drug-likeness (QED) is 0.693. The molecule has 1 N–H and O–H groups in total. The predicted molar refractivity (Wildman–Crippen MR) is 90.8 cm³/mol. The number of methoxy groups -OCH3 is 2. The number of benzene rings is 1. The average molecular weight is 337 g/mol. The molecule has 0 saturated carbocycles. The van der Waals surface area contributed by atoms with Crippen molar-refractivity contribution in [3.63, 3.8) is 0 Å². The Morgan fingerprint density at radius 3 is 2.29 bits per heavy atom. The zero-order valence-corrected chi connectivity index (χ0v) is 14.8. The second-order valence-corrected chi connectivity index (χ2v) is 5.74. The highest BCUT2D eigenvalue weighted by atomic mass is 16.5. The Labute approximate surface area is 143 Å². The van der Waals surface area contributed by atoms with Crippen LogP contribution in [0.3, 0.4) is 0 Å². The fourth-order valence-electron chi connectivity index (χ4n) is 2.49. The lowest BCUT2D eigenvalue weighted by atomic mass is 10.1. The van der Waals surface area contributed by atoms with Crippen molar-refractivity contribution in [1.29, 1.82) is 0 Å². The molecule has 1 aromatic carbocycles. The van der Waals surface area contributed by atoms with Gasteiger partial charge in [-0.05, 0) is 24.1 Å². The summed E-state index contributed by atoms with van der Waals surface area (Å²) in [5.74, 6) is -0.221. The fourth-order valence-corrected chi connectivity index (χ4v) is 2.49. The SMILES string of the molecule is CCC(CO)N(CC(C)C(=O)OC)C(=O)Cc1ccc(OC)cc1. The number of nitrogens with zero attached hydrogens (tertiary/aromatic N) is 1. The zero-order chi connectivity index (χ0) is 18.1. The van der Waals surface area contributed by atoms with Crippen LogP contribution in [0.25, 0.3) is 0 Å². The third-order valence-corrected chi connectivity index (χ3v) is 4.03. The Kier molecular flexibility index (Phi) is 8.26. The molecular weight excluding hydrogens is 310 g/mol. The number of aliphatic hydroxyl groups is 1. The number of aliphatic hydroxyl groups excluding tert-OH is 1. The summed E-state index contributed by atoms with van der Waals surface area (Å²) in [6.07, 6.45) is 0.813. The van der Waals surface area contributed by atoms with E-state index in [1.54, 1.807) is 31.1 Å². The first-order chi connectivity index (χ1) is 11.5. The van der Waals surface area contributed by atoms with Crippen LogP contribution in [0.5, 0.6) is 5.75 Å². The minimum Gasteiger partial charge on any atom is -0.497 e. The lowest BCUT2D eigenvalue weighted by molar-refractivity contribution is -0.147. The van der Waals surface area contributed by atoms with Gasteiger partial charge in [0.15, 0.2) is 0 Å². The molecule has 0 aromatic heterocycles. The normalized spacial score (nSPS) is 13.0. The van der Waals surface area contributed by atoms with Crippen LogP contribution in [-0.4, -0.2) is 55.3 Å². The van der Waals surface area contributed by atoms with Gasteiger partial charge in [-0.25, -0.2) is 0 Å². The molecule has 0 radical (unpaired) electrons. The standard InChI is InChI=1S/C18H27NO5/c1-5-15(12-20)19(11-13(2)18(22)24-4)17(21)10-14-6-8-16(23-3)9-7-14/h6-9,13,15,20H,5,10-12H2,1-4H3. The van der Waals surface area contributed by atoms with Crippen LogP contribution >= 0.6 is 0 Å². The lowest BCUT2D eigenvalue weighted by Gasteiger charge is -2.31. The molecule has 0 fully saturated rings. The summed E-state index contributed by atoms with van der Waals surface area (Å²) in [5.41, 5.74) is 0.851. The van der Waals surface area contributed by atoms with E-state index in [9.17, 15) is 14.7 Å². The van der Waals surface area contributed by atoms with Crippen LogP contribution in [0, 0.1) is 5.92 Å². The summed E-state index contributed by atoms with van der Waals surface area (Å²) >= 11 is 0. The number of ether oxygens (including phenoxy) is 2. The van der Waals surface area contributed by atoms with E-state index in [4.69, 9.17) is 9.47 Å². The summed E-state index contributed by atoms with van der Waals surface area (Å²) < 4.78 is 9.84. The first-order valence-electron chi connectivity index (χ1n) is 8.07. The molecule has 2 unspecified atom stereocenters. The first-order valence-corrected chi connectivity index (χ1v) is 8.07. The van der Waals surface area contributed by atoms with Crippen molar-refractivity contribution in [2.24, 2.45) is 5.92 Å². The Hall–Kier alpha value is -2.08. The van der Waals surface area contributed by atoms with Gasteiger partial charge in [-0.2, -0.15) is 0 Å². The minimum absolute atomic E-state index is 0.128. The van der Waals surface area contributed by atoms with Crippen LogP contribution in [0.15, 0.2) is 24.3 Å². The predicted octanol–water partition coefficient (Wildman–Crippen LogP) is 1.65. The molecule has 6 heteroatoms. The highest BCUT2D eigenvalue weighted by molar-refractivity contribution is 5.80. The molecule has 0 aliphatic rings. The van der Waals surface area contributed by atoms with Crippen molar-refractivity contribution >= 4 is 11.9 Å².